The van der Waals surface area contributed by atoms with Crippen molar-refractivity contribution in [2.75, 3.05) is 6.54 Å². The average Bonchev–Trinajstić information content (AvgIpc) is 2.85. The van der Waals surface area contributed by atoms with Crippen LogP contribution in [0, 0.1) is 11.8 Å². The van der Waals surface area contributed by atoms with Gasteiger partial charge in [-0.2, -0.15) is 0 Å². The zero-order chi connectivity index (χ0) is 12.8. The third kappa shape index (κ3) is 3.35. The van der Waals surface area contributed by atoms with Gasteiger partial charge in [-0.25, -0.2) is 0 Å². The van der Waals surface area contributed by atoms with Gasteiger partial charge in [-0.1, -0.05) is 57.0 Å². The third-order valence-corrected chi connectivity index (χ3v) is 4.44. The van der Waals surface area contributed by atoms with Crippen LogP contribution < -0.4 is 5.32 Å². The van der Waals surface area contributed by atoms with E-state index in [-0.39, 0.29) is 0 Å². The number of hydrogen-bond acceptors (Lipinski definition) is 1. The molecular formula is C17H27N. The van der Waals surface area contributed by atoms with Gasteiger partial charge >= 0.3 is 0 Å². The smallest absolute Gasteiger partial charge is 0.0127 e. The van der Waals surface area contributed by atoms with E-state index in [0.717, 1.165) is 17.9 Å². The minimum absolute atomic E-state index is 0.746. The maximum Gasteiger partial charge on any atom is 0.0127 e. The summed E-state index contributed by atoms with van der Waals surface area (Å²) in [5.74, 6) is 1.70. The van der Waals surface area contributed by atoms with Crippen LogP contribution in [0.4, 0.5) is 0 Å². The summed E-state index contributed by atoms with van der Waals surface area (Å²) in [6, 6.07) is 11.7. The number of rotatable bonds is 6. The minimum atomic E-state index is 0.746. The lowest BCUT2D eigenvalue weighted by molar-refractivity contribution is 0.289. The van der Waals surface area contributed by atoms with E-state index in [9.17, 15) is 0 Å². The monoisotopic (exact) mass is 245 g/mol. The van der Waals surface area contributed by atoms with E-state index in [1.807, 2.05) is 0 Å². The van der Waals surface area contributed by atoms with Crippen LogP contribution in [0.1, 0.15) is 45.1 Å². The fraction of sp³-hybridized carbons (Fsp3) is 0.647. The minimum Gasteiger partial charge on any atom is -0.313 e. The molecular weight excluding hydrogens is 218 g/mol. The molecule has 3 atom stereocenters. The predicted octanol–water partition coefficient (Wildman–Crippen LogP) is 4.03. The van der Waals surface area contributed by atoms with Crippen molar-refractivity contribution in [2.24, 2.45) is 11.8 Å². The first kappa shape index (κ1) is 13.6. The van der Waals surface area contributed by atoms with E-state index in [2.05, 4.69) is 49.5 Å². The van der Waals surface area contributed by atoms with Gasteiger partial charge in [0, 0.05) is 6.04 Å². The molecule has 0 radical (unpaired) electrons. The van der Waals surface area contributed by atoms with E-state index in [0.29, 0.717) is 0 Å². The second-order valence-corrected chi connectivity index (χ2v) is 5.68. The molecule has 1 saturated heterocycles. The molecule has 0 saturated carbocycles. The molecule has 100 valence electrons. The van der Waals surface area contributed by atoms with Crippen LogP contribution in [0.2, 0.25) is 0 Å². The highest BCUT2D eigenvalue weighted by Crippen LogP contribution is 2.29. The quantitative estimate of drug-likeness (QED) is 0.798. The highest BCUT2D eigenvalue weighted by atomic mass is 15.0. The Morgan fingerprint density at radius 3 is 2.67 bits per heavy atom. The molecule has 1 aliphatic rings. The molecule has 0 bridgehead atoms. The van der Waals surface area contributed by atoms with E-state index in [4.69, 9.17) is 0 Å². The Kier molecular flexibility index (Phi) is 5.25. The molecule has 1 aromatic carbocycles. The van der Waals surface area contributed by atoms with Crippen LogP contribution in [0.25, 0.3) is 0 Å². The number of benzene rings is 1. The molecule has 1 aliphatic heterocycles. The second kappa shape index (κ2) is 6.94. The third-order valence-electron chi connectivity index (χ3n) is 4.44. The molecule has 1 fully saturated rings. The normalized spacial score (nSPS) is 25.2. The molecule has 3 unspecified atom stereocenters. The van der Waals surface area contributed by atoms with Crippen molar-refractivity contribution in [2.45, 2.75) is 52.0 Å². The zero-order valence-corrected chi connectivity index (χ0v) is 11.9. The average molecular weight is 245 g/mol. The van der Waals surface area contributed by atoms with Crippen LogP contribution in [0.5, 0.6) is 0 Å². The summed E-state index contributed by atoms with van der Waals surface area (Å²) in [6.07, 6.45) is 6.60. The van der Waals surface area contributed by atoms with Crippen LogP contribution in [-0.2, 0) is 6.42 Å². The van der Waals surface area contributed by atoms with Gasteiger partial charge in [0.25, 0.3) is 0 Å². The van der Waals surface area contributed by atoms with Gasteiger partial charge in [0.05, 0.1) is 0 Å². The Bertz CT molecular complexity index is 333. The van der Waals surface area contributed by atoms with E-state index in [1.165, 1.54) is 44.2 Å². The van der Waals surface area contributed by atoms with Crippen LogP contribution in [0.3, 0.4) is 0 Å². The van der Waals surface area contributed by atoms with Crippen LogP contribution >= 0.6 is 0 Å². The summed E-state index contributed by atoms with van der Waals surface area (Å²) >= 11 is 0. The summed E-state index contributed by atoms with van der Waals surface area (Å²) in [4.78, 5) is 0. The van der Waals surface area contributed by atoms with Crippen molar-refractivity contribution in [3.8, 4) is 0 Å². The Balaban J connectivity index is 1.98. The molecule has 1 nitrogen and oxygen atoms in total. The SMILES string of the molecule is CCCC(CC)C1NCCC1Cc1ccccc1. The van der Waals surface area contributed by atoms with Crippen LogP contribution in [-0.4, -0.2) is 12.6 Å². The molecule has 0 spiro atoms. The maximum absolute atomic E-state index is 3.76. The molecule has 0 aromatic heterocycles. The van der Waals surface area contributed by atoms with Gasteiger partial charge in [0.15, 0.2) is 0 Å². The van der Waals surface area contributed by atoms with Gasteiger partial charge in [-0.05, 0) is 43.2 Å². The van der Waals surface area contributed by atoms with Gasteiger partial charge in [0.2, 0.25) is 0 Å². The highest BCUT2D eigenvalue weighted by molar-refractivity contribution is 5.16. The molecule has 1 N–H and O–H groups in total. The van der Waals surface area contributed by atoms with Crippen molar-refractivity contribution in [3.63, 3.8) is 0 Å². The molecule has 1 heterocycles. The van der Waals surface area contributed by atoms with Crippen LogP contribution in [0.15, 0.2) is 30.3 Å². The number of nitrogens with one attached hydrogen (secondary N) is 1. The lowest BCUT2D eigenvalue weighted by Gasteiger charge is -2.28. The summed E-state index contributed by atoms with van der Waals surface area (Å²) in [6.45, 7) is 5.87. The van der Waals surface area contributed by atoms with E-state index in [1.54, 1.807) is 0 Å². The van der Waals surface area contributed by atoms with E-state index >= 15 is 0 Å². The largest absolute Gasteiger partial charge is 0.313 e. The Labute approximate surface area is 112 Å². The Hall–Kier alpha value is -0.820. The van der Waals surface area contributed by atoms with Crippen molar-refractivity contribution in [1.82, 2.24) is 5.32 Å². The summed E-state index contributed by atoms with van der Waals surface area (Å²) in [7, 11) is 0. The molecule has 2 rings (SSSR count). The van der Waals surface area contributed by atoms with Crippen molar-refractivity contribution < 1.29 is 0 Å². The molecule has 18 heavy (non-hydrogen) atoms. The molecule has 0 amide bonds. The van der Waals surface area contributed by atoms with Gasteiger partial charge in [-0.15, -0.1) is 0 Å². The first-order chi connectivity index (χ1) is 8.85. The first-order valence-corrected chi connectivity index (χ1v) is 7.62. The summed E-state index contributed by atoms with van der Waals surface area (Å²) in [5, 5.41) is 3.76. The molecule has 1 aromatic rings. The highest BCUT2D eigenvalue weighted by Gasteiger charge is 2.31. The van der Waals surface area contributed by atoms with Gasteiger partial charge in [0.1, 0.15) is 0 Å². The second-order valence-electron chi connectivity index (χ2n) is 5.68. The standard InChI is InChI=1S/C17H27N/c1-3-8-15(4-2)17-16(11-12-18-17)13-14-9-6-5-7-10-14/h5-7,9-10,15-18H,3-4,8,11-13H2,1-2H3. The van der Waals surface area contributed by atoms with Gasteiger partial charge in [-0.3, -0.25) is 0 Å². The topological polar surface area (TPSA) is 12.0 Å². The molecule has 0 aliphatic carbocycles. The fourth-order valence-corrected chi connectivity index (χ4v) is 3.49. The van der Waals surface area contributed by atoms with Gasteiger partial charge < -0.3 is 5.32 Å². The van der Waals surface area contributed by atoms with Crippen molar-refractivity contribution >= 4 is 0 Å². The van der Waals surface area contributed by atoms with Crippen molar-refractivity contribution in [1.29, 1.82) is 0 Å². The Morgan fingerprint density at radius 2 is 2.00 bits per heavy atom. The first-order valence-electron chi connectivity index (χ1n) is 7.62. The van der Waals surface area contributed by atoms with Crippen molar-refractivity contribution in [3.05, 3.63) is 35.9 Å². The fourth-order valence-electron chi connectivity index (χ4n) is 3.49. The predicted molar refractivity (Wildman–Crippen MR) is 78.7 cm³/mol. The van der Waals surface area contributed by atoms with E-state index < -0.39 is 0 Å². The lowest BCUT2D eigenvalue weighted by Crippen LogP contribution is -2.35. The lowest BCUT2D eigenvalue weighted by atomic mass is 9.82. The summed E-state index contributed by atoms with van der Waals surface area (Å²) in [5.41, 5.74) is 1.50. The zero-order valence-electron chi connectivity index (χ0n) is 11.9. The molecule has 1 heteroatoms. The maximum atomic E-state index is 3.76. The number of hydrogen-bond donors (Lipinski definition) is 1. The Morgan fingerprint density at radius 1 is 1.22 bits per heavy atom. The summed E-state index contributed by atoms with van der Waals surface area (Å²) < 4.78 is 0.